The summed E-state index contributed by atoms with van der Waals surface area (Å²) in [5.74, 6) is -0.355. The van der Waals surface area contributed by atoms with Gasteiger partial charge in [-0.25, -0.2) is 19.9 Å². The minimum absolute atomic E-state index is 0.163. The lowest BCUT2D eigenvalue weighted by atomic mass is 10.3. The topological polar surface area (TPSA) is 110 Å². The fraction of sp³-hybridized carbons (Fsp3) is 0.444. The number of nitrogens with one attached hydrogen (secondary N) is 1. The highest BCUT2D eigenvalue weighted by Gasteiger charge is 2.37. The third kappa shape index (κ3) is 3.53. The summed E-state index contributed by atoms with van der Waals surface area (Å²) in [6, 6.07) is 0. The molecule has 30 heavy (non-hydrogen) atoms. The Labute approximate surface area is 167 Å². The molecule has 9 nitrogen and oxygen atoms in total. The summed E-state index contributed by atoms with van der Waals surface area (Å²) in [5, 5.41) is 0. The van der Waals surface area contributed by atoms with Gasteiger partial charge < -0.3 is 14.6 Å². The van der Waals surface area contributed by atoms with Crippen LogP contribution in [0.1, 0.15) is 25.1 Å². The van der Waals surface area contributed by atoms with Crippen molar-refractivity contribution >= 4 is 17.1 Å². The van der Waals surface area contributed by atoms with Gasteiger partial charge in [-0.1, -0.05) is 0 Å². The third-order valence-corrected chi connectivity index (χ3v) is 5.09. The lowest BCUT2D eigenvalue weighted by molar-refractivity contribution is -0.145. The number of fused-ring (bicyclic) bond motifs is 1. The normalized spacial score (nSPS) is 19.4. The van der Waals surface area contributed by atoms with Crippen molar-refractivity contribution in [1.82, 2.24) is 34.8 Å². The molecule has 4 heterocycles. The summed E-state index contributed by atoms with van der Waals surface area (Å²) < 4.78 is 43.9. The number of carbonyl (C=O) groups is 1. The average Bonchev–Trinajstić information content (AvgIpc) is 3.30. The van der Waals surface area contributed by atoms with E-state index in [0.29, 0.717) is 30.7 Å². The molecule has 1 atom stereocenters. The molecule has 0 bridgehead atoms. The van der Waals surface area contributed by atoms with E-state index in [-0.39, 0.29) is 35.2 Å². The smallest absolute Gasteiger partial charge is 0.451 e. The number of carbonyl (C=O) groups excluding carboxylic acids is 1. The predicted molar refractivity (Wildman–Crippen MR) is 96.0 cm³/mol. The molecule has 1 unspecified atom stereocenters. The van der Waals surface area contributed by atoms with E-state index >= 15 is 0 Å². The van der Waals surface area contributed by atoms with Crippen molar-refractivity contribution < 1.29 is 22.7 Å². The number of rotatable bonds is 4. The molecule has 3 aromatic rings. The van der Waals surface area contributed by atoms with Crippen molar-refractivity contribution in [3.63, 3.8) is 0 Å². The lowest BCUT2D eigenvalue weighted by Crippen LogP contribution is -2.32. The number of hydrogen-bond acceptors (Lipinski definition) is 7. The molecule has 0 radical (unpaired) electrons. The first kappa shape index (κ1) is 18.7. The summed E-state index contributed by atoms with van der Waals surface area (Å²) in [5.41, 5.74) is 0.993. The van der Waals surface area contributed by atoms with E-state index in [0.717, 1.165) is 25.2 Å². The molecular weight excluding hydrogens is 403 g/mol. The molecule has 156 valence electrons. The fourth-order valence-electron chi connectivity index (χ4n) is 3.40. The number of likely N-dealkylation sites (tertiary alicyclic amines) is 1. The Hall–Kier alpha value is -3.31. The highest BCUT2D eigenvalue weighted by atomic mass is 19.4. The van der Waals surface area contributed by atoms with Gasteiger partial charge >= 0.3 is 6.18 Å². The van der Waals surface area contributed by atoms with Crippen molar-refractivity contribution in [1.29, 1.82) is 0 Å². The van der Waals surface area contributed by atoms with Gasteiger partial charge in [0.1, 0.15) is 23.8 Å². The molecule has 0 aromatic carbocycles. The van der Waals surface area contributed by atoms with E-state index in [4.69, 9.17) is 4.74 Å². The molecule has 1 saturated heterocycles. The SMILES string of the molecule is O=C(C1CC1)N1CCC(Oc2ncnc3nc(-c4cnc(C(F)(F)F)nc4)[nH]c23)C1. The molecule has 12 heteroatoms. The maximum atomic E-state index is 12.7. The predicted octanol–water partition coefficient (Wildman–Crippen LogP) is 2.22. The van der Waals surface area contributed by atoms with Gasteiger partial charge in [0.05, 0.1) is 12.1 Å². The highest BCUT2D eigenvalue weighted by Crippen LogP contribution is 2.33. The van der Waals surface area contributed by atoms with E-state index in [9.17, 15) is 18.0 Å². The van der Waals surface area contributed by atoms with Crippen LogP contribution < -0.4 is 4.74 Å². The Morgan fingerprint density at radius 3 is 2.60 bits per heavy atom. The first-order valence-corrected chi connectivity index (χ1v) is 9.44. The van der Waals surface area contributed by atoms with E-state index in [2.05, 4.69) is 29.9 Å². The monoisotopic (exact) mass is 419 g/mol. The Kier molecular flexibility index (Phi) is 4.29. The molecule has 2 aliphatic rings. The van der Waals surface area contributed by atoms with Crippen molar-refractivity contribution in [2.75, 3.05) is 13.1 Å². The number of H-pyrrole nitrogens is 1. The van der Waals surface area contributed by atoms with Crippen LogP contribution in [0.3, 0.4) is 0 Å². The Morgan fingerprint density at radius 1 is 1.13 bits per heavy atom. The second kappa shape index (κ2) is 6.89. The molecule has 0 spiro atoms. The summed E-state index contributed by atoms with van der Waals surface area (Å²) in [6.07, 6.45) is 1.17. The molecule has 1 aliphatic carbocycles. The molecule has 3 aromatic heterocycles. The van der Waals surface area contributed by atoms with E-state index in [1.165, 1.54) is 6.33 Å². The van der Waals surface area contributed by atoms with Crippen molar-refractivity contribution in [3.05, 3.63) is 24.5 Å². The minimum atomic E-state index is -4.62. The summed E-state index contributed by atoms with van der Waals surface area (Å²) in [7, 11) is 0. The van der Waals surface area contributed by atoms with Gasteiger partial charge in [-0.15, -0.1) is 0 Å². The average molecular weight is 419 g/mol. The van der Waals surface area contributed by atoms with E-state index in [1.807, 2.05) is 4.90 Å². The van der Waals surface area contributed by atoms with Gasteiger partial charge in [-0.2, -0.15) is 18.2 Å². The summed E-state index contributed by atoms with van der Waals surface area (Å²) in [6.45, 7) is 1.14. The number of alkyl halides is 3. The van der Waals surface area contributed by atoms with Crippen molar-refractivity contribution in [2.45, 2.75) is 31.5 Å². The second-order valence-corrected chi connectivity index (χ2v) is 7.34. The van der Waals surface area contributed by atoms with E-state index < -0.39 is 12.0 Å². The molecule has 2 fully saturated rings. The zero-order valence-electron chi connectivity index (χ0n) is 15.6. The number of aromatic nitrogens is 6. The van der Waals surface area contributed by atoms with Crippen LogP contribution in [0.25, 0.3) is 22.6 Å². The fourth-order valence-corrected chi connectivity index (χ4v) is 3.40. The summed E-state index contributed by atoms with van der Waals surface area (Å²) in [4.78, 5) is 36.2. The van der Waals surface area contributed by atoms with Crippen LogP contribution in [0.15, 0.2) is 18.7 Å². The van der Waals surface area contributed by atoms with E-state index in [1.54, 1.807) is 0 Å². The van der Waals surface area contributed by atoms with Crippen LogP contribution in [-0.4, -0.2) is 59.9 Å². The van der Waals surface area contributed by atoms with Gasteiger partial charge in [0.15, 0.2) is 5.65 Å². The molecule has 1 aliphatic heterocycles. The lowest BCUT2D eigenvalue weighted by Gasteiger charge is -2.16. The second-order valence-electron chi connectivity index (χ2n) is 7.34. The molecule has 5 rings (SSSR count). The van der Waals surface area contributed by atoms with Crippen LogP contribution in [0.4, 0.5) is 13.2 Å². The third-order valence-electron chi connectivity index (χ3n) is 5.09. The maximum absolute atomic E-state index is 12.7. The first-order chi connectivity index (χ1) is 14.4. The van der Waals surface area contributed by atoms with Crippen molar-refractivity contribution in [3.8, 4) is 17.3 Å². The van der Waals surface area contributed by atoms with Gasteiger partial charge in [-0.3, -0.25) is 4.79 Å². The van der Waals surface area contributed by atoms with Gasteiger partial charge in [0.25, 0.3) is 0 Å². The van der Waals surface area contributed by atoms with Crippen LogP contribution in [0.2, 0.25) is 0 Å². The van der Waals surface area contributed by atoms with Crippen LogP contribution in [0.5, 0.6) is 5.88 Å². The van der Waals surface area contributed by atoms with Gasteiger partial charge in [0, 0.05) is 31.3 Å². The van der Waals surface area contributed by atoms with Crippen LogP contribution >= 0.6 is 0 Å². The number of amides is 1. The van der Waals surface area contributed by atoms with Crippen LogP contribution in [0, 0.1) is 5.92 Å². The maximum Gasteiger partial charge on any atom is 0.451 e. The highest BCUT2D eigenvalue weighted by molar-refractivity contribution is 5.81. The molecular formula is C18H16F3N7O2. The zero-order chi connectivity index (χ0) is 20.9. The minimum Gasteiger partial charge on any atom is -0.471 e. The van der Waals surface area contributed by atoms with Crippen molar-refractivity contribution in [2.24, 2.45) is 5.92 Å². The Morgan fingerprint density at radius 2 is 1.90 bits per heavy atom. The zero-order valence-corrected chi connectivity index (χ0v) is 15.6. The number of hydrogen-bond donors (Lipinski definition) is 1. The van der Waals surface area contributed by atoms with Gasteiger partial charge in [0.2, 0.25) is 17.6 Å². The van der Waals surface area contributed by atoms with Gasteiger partial charge in [-0.05, 0) is 12.8 Å². The number of ether oxygens (including phenoxy) is 1. The number of nitrogens with zero attached hydrogens (tertiary/aromatic N) is 6. The van der Waals surface area contributed by atoms with Crippen LogP contribution in [-0.2, 0) is 11.0 Å². The molecule has 1 N–H and O–H groups in total. The number of imidazole rings is 1. The Balaban J connectivity index is 1.36. The largest absolute Gasteiger partial charge is 0.471 e. The molecule has 1 saturated carbocycles. The number of halogens is 3. The Bertz CT molecular complexity index is 1100. The quantitative estimate of drug-likeness (QED) is 0.690. The number of aromatic amines is 1. The summed E-state index contributed by atoms with van der Waals surface area (Å²) >= 11 is 0. The molecule has 1 amide bonds. The standard InChI is InChI=1S/C18H16F3N7O2/c19-18(20,21)17-22-5-10(6-23-17)13-26-12-14(27-13)24-8-25-15(12)30-11-3-4-28(7-11)16(29)9-1-2-9/h5-6,8-9,11H,1-4,7H2,(H,24,25,26,27). The first-order valence-electron chi connectivity index (χ1n) is 9.44.